The van der Waals surface area contributed by atoms with Crippen molar-refractivity contribution in [3.8, 4) is 0 Å². The minimum Gasteiger partial charge on any atom is -0.324 e. The maximum atomic E-state index is 6.08. The summed E-state index contributed by atoms with van der Waals surface area (Å²) < 4.78 is 2.31. The second-order valence-corrected chi connectivity index (χ2v) is 5.22. The van der Waals surface area contributed by atoms with E-state index in [1.54, 1.807) is 0 Å². The Morgan fingerprint density at radius 3 is 2.93 bits per heavy atom. The van der Waals surface area contributed by atoms with Crippen LogP contribution in [-0.4, -0.2) is 0 Å². The van der Waals surface area contributed by atoms with Crippen LogP contribution >= 0.6 is 38.5 Å². The molecule has 0 aromatic heterocycles. The topological polar surface area (TPSA) is 26.0 Å². The van der Waals surface area contributed by atoms with Crippen LogP contribution in [0.15, 0.2) is 35.3 Å². The maximum absolute atomic E-state index is 6.08. The second-order valence-electron chi connectivity index (χ2n) is 3.14. The number of nitrogens with two attached hydrogens (primary N) is 1. The van der Waals surface area contributed by atoms with Crippen LogP contribution in [-0.2, 0) is 0 Å². The fourth-order valence-corrected chi connectivity index (χ4v) is 2.37. The van der Waals surface area contributed by atoms with E-state index >= 15 is 0 Å². The summed E-state index contributed by atoms with van der Waals surface area (Å²) in [4.78, 5) is 0. The van der Waals surface area contributed by atoms with Crippen molar-refractivity contribution in [1.29, 1.82) is 0 Å². The highest BCUT2D eigenvalue weighted by Gasteiger charge is 2.09. The summed E-state index contributed by atoms with van der Waals surface area (Å²) in [5, 5.41) is 0. The molecule has 3 heteroatoms. The van der Waals surface area contributed by atoms with Gasteiger partial charge in [-0.15, -0.1) is 6.58 Å². The van der Waals surface area contributed by atoms with E-state index in [-0.39, 0.29) is 6.04 Å². The average Bonchev–Trinajstić information content (AvgIpc) is 2.18. The first-order valence-electron chi connectivity index (χ1n) is 4.46. The van der Waals surface area contributed by atoms with Gasteiger partial charge in [0.05, 0.1) is 0 Å². The zero-order chi connectivity index (χ0) is 10.6. The van der Waals surface area contributed by atoms with Crippen molar-refractivity contribution in [3.63, 3.8) is 0 Å². The number of hydrogen-bond donors (Lipinski definition) is 1. The molecule has 76 valence electrons. The summed E-state index contributed by atoms with van der Waals surface area (Å²) in [6.07, 6.45) is 3.82. The van der Waals surface area contributed by atoms with E-state index < -0.39 is 0 Å². The number of hydrogen-bond acceptors (Lipinski definition) is 1. The number of allylic oxidation sites excluding steroid dienone is 1. The van der Waals surface area contributed by atoms with Crippen molar-refractivity contribution in [2.45, 2.75) is 18.9 Å². The van der Waals surface area contributed by atoms with E-state index in [1.807, 2.05) is 12.1 Å². The molecule has 0 radical (unpaired) electrons. The molecule has 0 aliphatic heterocycles. The summed E-state index contributed by atoms with van der Waals surface area (Å²) >= 11 is 5.77. The van der Waals surface area contributed by atoms with Crippen molar-refractivity contribution >= 4 is 38.5 Å². The molecular weight excluding hydrogens is 353 g/mol. The fourth-order valence-electron chi connectivity index (χ4n) is 1.25. The summed E-state index contributed by atoms with van der Waals surface area (Å²) in [6.45, 7) is 3.70. The van der Waals surface area contributed by atoms with Crippen molar-refractivity contribution in [2.75, 3.05) is 0 Å². The van der Waals surface area contributed by atoms with Crippen LogP contribution in [0.1, 0.15) is 24.4 Å². The van der Waals surface area contributed by atoms with E-state index in [0.29, 0.717) is 0 Å². The quantitative estimate of drug-likeness (QED) is 0.632. The summed E-state index contributed by atoms with van der Waals surface area (Å²) in [5.41, 5.74) is 7.29. The predicted molar refractivity (Wildman–Crippen MR) is 73.2 cm³/mol. The first-order chi connectivity index (χ1) is 6.65. The molecule has 0 spiro atoms. The molecule has 2 N–H and O–H groups in total. The lowest BCUT2D eigenvalue weighted by Gasteiger charge is -2.13. The molecule has 1 nitrogen and oxygen atoms in total. The molecule has 14 heavy (non-hydrogen) atoms. The maximum Gasteiger partial charge on any atom is 0.0308 e. The normalized spacial score (nSPS) is 12.5. The average molecular weight is 366 g/mol. The van der Waals surface area contributed by atoms with Gasteiger partial charge < -0.3 is 5.73 Å². The standard InChI is InChI=1S/C11H13BrIN/c1-2-3-4-11(14)9-7-8(12)5-6-10(9)13/h2,5-7,11H,1,3-4,14H2. The Bertz CT molecular complexity index is 325. The van der Waals surface area contributed by atoms with Crippen molar-refractivity contribution < 1.29 is 0 Å². The smallest absolute Gasteiger partial charge is 0.0308 e. The van der Waals surface area contributed by atoms with Crippen LogP contribution in [0.4, 0.5) is 0 Å². The number of rotatable bonds is 4. The van der Waals surface area contributed by atoms with E-state index in [4.69, 9.17) is 5.73 Å². The zero-order valence-corrected chi connectivity index (χ0v) is 11.6. The zero-order valence-electron chi connectivity index (χ0n) is 7.84. The van der Waals surface area contributed by atoms with E-state index in [1.165, 1.54) is 9.13 Å². The third-order valence-corrected chi connectivity index (χ3v) is 3.51. The Morgan fingerprint density at radius 1 is 1.57 bits per heavy atom. The van der Waals surface area contributed by atoms with Gasteiger partial charge in [0.2, 0.25) is 0 Å². The molecule has 1 atom stereocenters. The first kappa shape index (κ1) is 12.2. The molecular formula is C11H13BrIN. The summed E-state index contributed by atoms with van der Waals surface area (Å²) in [5.74, 6) is 0. The van der Waals surface area contributed by atoms with Gasteiger partial charge in [0, 0.05) is 14.1 Å². The highest BCUT2D eigenvalue weighted by molar-refractivity contribution is 14.1. The van der Waals surface area contributed by atoms with Gasteiger partial charge in [0.1, 0.15) is 0 Å². The summed E-state index contributed by atoms with van der Waals surface area (Å²) in [7, 11) is 0. The molecule has 0 aliphatic carbocycles. The van der Waals surface area contributed by atoms with Gasteiger partial charge in [-0.1, -0.05) is 22.0 Å². The molecule has 0 heterocycles. The lowest BCUT2D eigenvalue weighted by molar-refractivity contribution is 0.658. The van der Waals surface area contributed by atoms with Gasteiger partial charge in [0.25, 0.3) is 0 Å². The van der Waals surface area contributed by atoms with Crippen LogP contribution < -0.4 is 5.73 Å². The second kappa shape index (κ2) is 5.88. The molecule has 1 unspecified atom stereocenters. The summed E-state index contributed by atoms with van der Waals surface area (Å²) in [6, 6.07) is 6.31. The van der Waals surface area contributed by atoms with Gasteiger partial charge >= 0.3 is 0 Å². The van der Waals surface area contributed by atoms with Crippen LogP contribution in [0.2, 0.25) is 0 Å². The largest absolute Gasteiger partial charge is 0.324 e. The van der Waals surface area contributed by atoms with Crippen LogP contribution in [0.5, 0.6) is 0 Å². The number of benzene rings is 1. The van der Waals surface area contributed by atoms with Gasteiger partial charge in [-0.05, 0) is 59.2 Å². The van der Waals surface area contributed by atoms with Gasteiger partial charge in [-0.2, -0.15) is 0 Å². The van der Waals surface area contributed by atoms with Crippen LogP contribution in [0.3, 0.4) is 0 Å². The van der Waals surface area contributed by atoms with E-state index in [2.05, 4.69) is 57.2 Å². The Kier molecular flexibility index (Phi) is 5.12. The molecule has 0 saturated carbocycles. The lowest BCUT2D eigenvalue weighted by Crippen LogP contribution is -2.11. The molecule has 1 aromatic carbocycles. The number of halogens is 2. The Labute approximate surface area is 107 Å². The van der Waals surface area contributed by atoms with Gasteiger partial charge in [-0.3, -0.25) is 0 Å². The van der Waals surface area contributed by atoms with Crippen LogP contribution in [0.25, 0.3) is 0 Å². The fraction of sp³-hybridized carbons (Fsp3) is 0.273. The Hall–Kier alpha value is 0.130. The molecule has 1 rings (SSSR count). The molecule has 1 aromatic rings. The SMILES string of the molecule is C=CCCC(N)c1cc(Br)ccc1I. The Morgan fingerprint density at radius 2 is 2.29 bits per heavy atom. The molecule has 0 bridgehead atoms. The third-order valence-electron chi connectivity index (χ3n) is 2.04. The third kappa shape index (κ3) is 3.37. The van der Waals surface area contributed by atoms with Crippen molar-refractivity contribution in [3.05, 3.63) is 44.5 Å². The van der Waals surface area contributed by atoms with Crippen LogP contribution in [0, 0.1) is 3.57 Å². The minimum absolute atomic E-state index is 0.109. The molecule has 0 fully saturated rings. The van der Waals surface area contributed by atoms with E-state index in [0.717, 1.165) is 17.3 Å². The molecule has 0 amide bonds. The van der Waals surface area contributed by atoms with Crippen molar-refractivity contribution in [1.82, 2.24) is 0 Å². The van der Waals surface area contributed by atoms with Gasteiger partial charge in [-0.25, -0.2) is 0 Å². The highest BCUT2D eigenvalue weighted by atomic mass is 127. The lowest BCUT2D eigenvalue weighted by atomic mass is 10.0. The molecule has 0 saturated heterocycles. The molecule has 0 aliphatic rings. The predicted octanol–water partition coefficient (Wildman–Crippen LogP) is 4.02. The van der Waals surface area contributed by atoms with Gasteiger partial charge in [0.15, 0.2) is 0 Å². The minimum atomic E-state index is 0.109. The highest BCUT2D eigenvalue weighted by Crippen LogP contribution is 2.25. The van der Waals surface area contributed by atoms with Crippen molar-refractivity contribution in [2.24, 2.45) is 5.73 Å². The first-order valence-corrected chi connectivity index (χ1v) is 6.33. The van der Waals surface area contributed by atoms with E-state index in [9.17, 15) is 0 Å². The monoisotopic (exact) mass is 365 g/mol. The Balaban J connectivity index is 2.82.